The number of hydrogen-bond donors (Lipinski definition) is 6. The molecule has 196 valence electrons. The minimum absolute atomic E-state index is 0.0159. The second-order valence-corrected chi connectivity index (χ2v) is 11.6. The lowest BCUT2D eigenvalue weighted by Crippen LogP contribution is -2.72. The number of ether oxygens (including phenoxy) is 1. The Morgan fingerprint density at radius 3 is 2.53 bits per heavy atom. The van der Waals surface area contributed by atoms with Crippen LogP contribution in [0.2, 0.25) is 0 Å². The summed E-state index contributed by atoms with van der Waals surface area (Å²) in [6.45, 7) is 7.08. The number of hydrogen-bond acceptors (Lipinski definition) is 8. The molecule has 4 rings (SSSR count). The molecule has 4 aliphatic rings. The van der Waals surface area contributed by atoms with Crippen LogP contribution in [0, 0.1) is 17.8 Å². The molecule has 8 N–H and O–H groups in total. The van der Waals surface area contributed by atoms with Crippen LogP contribution in [0.1, 0.15) is 65.2 Å². The van der Waals surface area contributed by atoms with Crippen LogP contribution in [0.4, 0.5) is 0 Å². The van der Waals surface area contributed by atoms with Crippen LogP contribution in [0.5, 0.6) is 0 Å². The van der Waals surface area contributed by atoms with Crippen molar-refractivity contribution < 1.29 is 9.53 Å². The molecule has 1 saturated carbocycles. The molecule has 6 unspecified atom stereocenters. The Labute approximate surface area is 205 Å². The van der Waals surface area contributed by atoms with Gasteiger partial charge in [0.1, 0.15) is 6.29 Å². The van der Waals surface area contributed by atoms with E-state index in [0.717, 1.165) is 51.6 Å². The maximum Gasteiger partial charge on any atom is 0.224 e. The highest BCUT2D eigenvalue weighted by Gasteiger charge is 2.40. The van der Waals surface area contributed by atoms with Crippen molar-refractivity contribution in [2.45, 2.75) is 108 Å². The van der Waals surface area contributed by atoms with E-state index in [1.807, 2.05) is 7.11 Å². The van der Waals surface area contributed by atoms with E-state index < -0.39 is 0 Å². The maximum atomic E-state index is 12.3. The summed E-state index contributed by atoms with van der Waals surface area (Å²) in [4.78, 5) is 14.7. The van der Waals surface area contributed by atoms with Crippen molar-refractivity contribution in [2.24, 2.45) is 29.2 Å². The van der Waals surface area contributed by atoms with Crippen molar-refractivity contribution >= 4 is 5.91 Å². The number of nitrogens with one attached hydrogen (secondary N) is 4. The van der Waals surface area contributed by atoms with Gasteiger partial charge in [-0.15, -0.1) is 0 Å². The van der Waals surface area contributed by atoms with Crippen LogP contribution in [0.3, 0.4) is 0 Å². The van der Waals surface area contributed by atoms with Gasteiger partial charge in [-0.05, 0) is 63.2 Å². The van der Waals surface area contributed by atoms with E-state index in [-0.39, 0.29) is 30.3 Å². The van der Waals surface area contributed by atoms with E-state index in [1.165, 1.54) is 12.8 Å². The van der Waals surface area contributed by atoms with Crippen LogP contribution in [-0.4, -0.2) is 80.3 Å². The molecule has 0 spiro atoms. The number of primary amides is 1. The highest BCUT2D eigenvalue weighted by Crippen LogP contribution is 2.33. The molecular formula is C25H49N7O2. The van der Waals surface area contributed by atoms with Gasteiger partial charge in [0, 0.05) is 50.9 Å². The summed E-state index contributed by atoms with van der Waals surface area (Å²) >= 11 is 0. The molecule has 0 aromatic carbocycles. The Kier molecular flexibility index (Phi) is 9.23. The second-order valence-electron chi connectivity index (χ2n) is 11.6. The van der Waals surface area contributed by atoms with E-state index in [9.17, 15) is 4.79 Å². The molecule has 9 heteroatoms. The molecule has 0 radical (unpaired) electrons. The minimum Gasteiger partial charge on any atom is -0.381 e. The normalized spacial score (nSPS) is 42.6. The molecule has 1 amide bonds. The molecule has 1 aliphatic carbocycles. The number of likely N-dealkylation sites (tertiary alicyclic amines) is 1. The van der Waals surface area contributed by atoms with Gasteiger partial charge in [0.05, 0.1) is 18.2 Å². The zero-order valence-corrected chi connectivity index (χ0v) is 21.5. The number of nitrogens with two attached hydrogens (primary N) is 2. The molecule has 3 saturated heterocycles. The largest absolute Gasteiger partial charge is 0.381 e. The van der Waals surface area contributed by atoms with Crippen molar-refractivity contribution in [2.75, 3.05) is 26.7 Å². The molecular weight excluding hydrogens is 430 g/mol. The molecule has 0 bridgehead atoms. The summed E-state index contributed by atoms with van der Waals surface area (Å²) in [5.74, 6) is 0.721. The van der Waals surface area contributed by atoms with E-state index in [4.69, 9.17) is 16.2 Å². The van der Waals surface area contributed by atoms with Gasteiger partial charge in [0.2, 0.25) is 5.91 Å². The van der Waals surface area contributed by atoms with Gasteiger partial charge in [-0.25, -0.2) is 0 Å². The Morgan fingerprint density at radius 2 is 1.88 bits per heavy atom. The molecule has 0 aromatic heterocycles. The summed E-state index contributed by atoms with van der Waals surface area (Å²) in [5.41, 5.74) is 12.1. The first kappa shape index (κ1) is 26.3. The van der Waals surface area contributed by atoms with E-state index in [2.05, 4.69) is 40.0 Å². The lowest BCUT2D eigenvalue weighted by molar-refractivity contribution is -0.124. The molecule has 7 atom stereocenters. The monoisotopic (exact) mass is 479 g/mol. The number of rotatable bonds is 7. The number of carbonyl (C=O) groups excluding carboxylic acids is 1. The summed E-state index contributed by atoms with van der Waals surface area (Å²) < 4.78 is 5.61. The number of amides is 1. The van der Waals surface area contributed by atoms with E-state index >= 15 is 0 Å². The average Bonchev–Trinajstić information content (AvgIpc) is 2.83. The highest BCUT2D eigenvalue weighted by molar-refractivity contribution is 5.77. The van der Waals surface area contributed by atoms with Crippen molar-refractivity contribution in [3.05, 3.63) is 0 Å². The number of piperidine rings is 2. The lowest BCUT2D eigenvalue weighted by Gasteiger charge is -2.48. The molecule has 3 aliphatic heterocycles. The quantitative estimate of drug-likeness (QED) is 0.307. The standard InChI is InChI=1S/C25H49N7O2/c1-15(2)21-11-18(12-22(30-21)16-6-8-19(34-3)9-7-16)29-24-20(23(27)33)13-28-25(31-24)32-10-4-5-17(26)14-32/h15-22,24-25,28-31H,4-14,26H2,1-3H3,(H2,27,33)/t16?,17-,18?,19?,20?,21?,22?,24?,25?/m0/s1. The van der Waals surface area contributed by atoms with Gasteiger partial charge in [0.15, 0.2) is 0 Å². The Hall–Kier alpha value is -0.810. The van der Waals surface area contributed by atoms with Crippen LogP contribution in [0.25, 0.3) is 0 Å². The van der Waals surface area contributed by atoms with Crippen molar-refractivity contribution in [1.82, 2.24) is 26.2 Å². The summed E-state index contributed by atoms with van der Waals surface area (Å²) in [5, 5.41) is 15.0. The fraction of sp³-hybridized carbons (Fsp3) is 0.960. The van der Waals surface area contributed by atoms with Crippen LogP contribution < -0.4 is 32.7 Å². The molecule has 4 fully saturated rings. The molecule has 0 aromatic rings. The third-order valence-electron chi connectivity index (χ3n) is 8.84. The first-order valence-electron chi connectivity index (χ1n) is 13.7. The average molecular weight is 480 g/mol. The van der Waals surface area contributed by atoms with E-state index in [1.54, 1.807) is 0 Å². The summed E-state index contributed by atoms with van der Waals surface area (Å²) in [7, 11) is 1.84. The van der Waals surface area contributed by atoms with Crippen molar-refractivity contribution in [1.29, 1.82) is 0 Å². The lowest BCUT2D eigenvalue weighted by atomic mass is 9.76. The maximum absolute atomic E-state index is 12.3. The first-order valence-corrected chi connectivity index (χ1v) is 13.7. The zero-order valence-electron chi connectivity index (χ0n) is 21.5. The smallest absolute Gasteiger partial charge is 0.224 e. The van der Waals surface area contributed by atoms with Crippen molar-refractivity contribution in [3.8, 4) is 0 Å². The predicted octanol–water partition coefficient (Wildman–Crippen LogP) is 0.254. The van der Waals surface area contributed by atoms with Crippen LogP contribution in [-0.2, 0) is 9.53 Å². The Bertz CT molecular complexity index is 657. The molecule has 3 heterocycles. The third-order valence-corrected chi connectivity index (χ3v) is 8.84. The van der Waals surface area contributed by atoms with Crippen LogP contribution >= 0.6 is 0 Å². The Morgan fingerprint density at radius 1 is 1.12 bits per heavy atom. The van der Waals surface area contributed by atoms with Crippen molar-refractivity contribution in [3.63, 3.8) is 0 Å². The van der Waals surface area contributed by atoms with Crippen LogP contribution in [0.15, 0.2) is 0 Å². The number of nitrogens with zero attached hydrogens (tertiary/aromatic N) is 1. The summed E-state index contributed by atoms with van der Waals surface area (Å²) in [6, 6.07) is 1.53. The minimum atomic E-state index is -0.280. The van der Waals surface area contributed by atoms with Gasteiger partial charge < -0.3 is 21.5 Å². The van der Waals surface area contributed by atoms with Gasteiger partial charge >= 0.3 is 0 Å². The van der Waals surface area contributed by atoms with E-state index in [0.29, 0.717) is 42.6 Å². The second kappa shape index (κ2) is 12.0. The van der Waals surface area contributed by atoms with Gasteiger partial charge in [-0.1, -0.05) is 13.8 Å². The summed E-state index contributed by atoms with van der Waals surface area (Å²) in [6.07, 6.45) is 9.39. The Balaban J connectivity index is 1.42. The highest BCUT2D eigenvalue weighted by atomic mass is 16.5. The number of methoxy groups -OCH3 is 1. The predicted molar refractivity (Wildman–Crippen MR) is 135 cm³/mol. The van der Waals surface area contributed by atoms with Gasteiger partial charge in [0.25, 0.3) is 0 Å². The molecule has 34 heavy (non-hydrogen) atoms. The zero-order chi connectivity index (χ0) is 24.2. The third kappa shape index (κ3) is 6.49. The van der Waals surface area contributed by atoms with Gasteiger partial charge in [-0.2, -0.15) is 0 Å². The fourth-order valence-electron chi connectivity index (χ4n) is 6.67. The fourth-order valence-corrected chi connectivity index (χ4v) is 6.67. The first-order chi connectivity index (χ1) is 16.3. The SMILES string of the molecule is COC1CCC(C2CC(NC3NC(N4CCC[C@H](N)C4)NCC3C(N)=O)CC(C(C)C)N2)CC1. The van der Waals surface area contributed by atoms with Gasteiger partial charge in [-0.3, -0.25) is 25.6 Å². The topological polar surface area (TPSA) is 130 Å². The molecule has 9 nitrogen and oxygen atoms in total. The number of carbonyl (C=O) groups is 1.